The monoisotopic (exact) mass is 330 g/mol. The fourth-order valence-corrected chi connectivity index (χ4v) is 3.20. The Balaban J connectivity index is 2.27. The number of hydrogen-bond donors (Lipinski definition) is 0. The van der Waals surface area contributed by atoms with Crippen LogP contribution in [0.25, 0.3) is 0 Å². The first kappa shape index (κ1) is 15.3. The number of rotatable bonds is 4. The lowest BCUT2D eigenvalue weighted by atomic mass is 10.3. The van der Waals surface area contributed by atoms with Crippen LogP contribution in [0.5, 0.6) is 0 Å². The lowest BCUT2D eigenvalue weighted by Crippen LogP contribution is -2.26. The van der Waals surface area contributed by atoms with Crippen LogP contribution < -0.4 is 0 Å². The van der Waals surface area contributed by atoms with Gasteiger partial charge in [-0.3, -0.25) is 4.98 Å². The zero-order valence-electron chi connectivity index (χ0n) is 10.6. The molecule has 0 unspecified atom stereocenters. The van der Waals surface area contributed by atoms with Gasteiger partial charge in [0.05, 0.1) is 14.9 Å². The number of halogens is 2. The molecule has 106 valence electrons. The molecule has 2 aromatic rings. The number of aromatic nitrogens is 1. The van der Waals surface area contributed by atoms with E-state index >= 15 is 0 Å². The van der Waals surface area contributed by atoms with Crippen LogP contribution in [0.1, 0.15) is 5.56 Å². The normalized spacial score (nSPS) is 11.8. The van der Waals surface area contributed by atoms with Crippen LogP contribution in [0.2, 0.25) is 10.0 Å². The van der Waals surface area contributed by atoms with E-state index in [1.165, 1.54) is 29.6 Å². The molecule has 0 spiro atoms. The molecule has 0 fully saturated rings. The van der Waals surface area contributed by atoms with Crippen molar-refractivity contribution in [3.63, 3.8) is 0 Å². The first-order valence-corrected chi connectivity index (χ1v) is 7.91. The predicted octanol–water partition coefficient (Wildman–Crippen LogP) is 3.21. The van der Waals surface area contributed by atoms with Crippen molar-refractivity contribution in [3.8, 4) is 0 Å². The van der Waals surface area contributed by atoms with Crippen molar-refractivity contribution in [3.05, 3.63) is 58.3 Å². The molecule has 0 aliphatic heterocycles. The topological polar surface area (TPSA) is 50.3 Å². The van der Waals surface area contributed by atoms with Crippen molar-refractivity contribution >= 4 is 33.2 Å². The molecule has 0 amide bonds. The molecular weight excluding hydrogens is 319 g/mol. The molecule has 7 heteroatoms. The van der Waals surface area contributed by atoms with E-state index in [1.54, 1.807) is 18.5 Å². The third kappa shape index (κ3) is 3.30. The van der Waals surface area contributed by atoms with Crippen molar-refractivity contribution in [2.75, 3.05) is 7.05 Å². The number of pyridine rings is 1. The summed E-state index contributed by atoms with van der Waals surface area (Å²) in [5.41, 5.74) is 0.804. The van der Waals surface area contributed by atoms with E-state index in [0.717, 1.165) is 5.56 Å². The molecule has 4 nitrogen and oxygen atoms in total. The Morgan fingerprint density at radius 3 is 2.55 bits per heavy atom. The molecule has 1 heterocycles. The van der Waals surface area contributed by atoms with Gasteiger partial charge in [0.25, 0.3) is 0 Å². The molecular formula is C13H12Cl2N2O2S. The summed E-state index contributed by atoms with van der Waals surface area (Å²) >= 11 is 11.7. The third-order valence-corrected chi connectivity index (χ3v) is 5.27. The average molecular weight is 331 g/mol. The maximum absolute atomic E-state index is 12.4. The summed E-state index contributed by atoms with van der Waals surface area (Å²) in [4.78, 5) is 4.07. The summed E-state index contributed by atoms with van der Waals surface area (Å²) < 4.78 is 26.0. The van der Waals surface area contributed by atoms with Crippen LogP contribution in [0.3, 0.4) is 0 Å². The van der Waals surface area contributed by atoms with Crippen molar-refractivity contribution in [2.24, 2.45) is 0 Å². The summed E-state index contributed by atoms with van der Waals surface area (Å²) in [6, 6.07) is 7.82. The van der Waals surface area contributed by atoms with Gasteiger partial charge in [-0.1, -0.05) is 29.3 Å². The molecule has 2 rings (SSSR count). The van der Waals surface area contributed by atoms with E-state index < -0.39 is 10.0 Å². The third-order valence-electron chi connectivity index (χ3n) is 2.73. The van der Waals surface area contributed by atoms with Gasteiger partial charge in [-0.15, -0.1) is 0 Å². The Hall–Kier alpha value is -1.14. The summed E-state index contributed by atoms with van der Waals surface area (Å²) in [5.74, 6) is 0. The average Bonchev–Trinajstić information content (AvgIpc) is 2.42. The van der Waals surface area contributed by atoms with E-state index in [9.17, 15) is 8.42 Å². The van der Waals surface area contributed by atoms with Gasteiger partial charge in [0.1, 0.15) is 0 Å². The van der Waals surface area contributed by atoms with Crippen LogP contribution >= 0.6 is 23.2 Å². The standard InChI is InChI=1S/C13H12Cl2N2O2S/c1-17(9-10-3-2-6-16-8-10)20(18,19)11-4-5-12(14)13(15)7-11/h2-8H,9H2,1H3. The Kier molecular flexibility index (Phi) is 4.65. The van der Waals surface area contributed by atoms with E-state index in [2.05, 4.69) is 4.98 Å². The van der Waals surface area contributed by atoms with Crippen molar-refractivity contribution in [2.45, 2.75) is 11.4 Å². The smallest absolute Gasteiger partial charge is 0.243 e. The summed E-state index contributed by atoms with van der Waals surface area (Å²) in [6.07, 6.45) is 3.26. The number of sulfonamides is 1. The molecule has 0 atom stereocenters. The Morgan fingerprint density at radius 2 is 1.95 bits per heavy atom. The summed E-state index contributed by atoms with van der Waals surface area (Å²) in [5, 5.41) is 0.531. The minimum absolute atomic E-state index is 0.110. The van der Waals surface area contributed by atoms with Crippen LogP contribution in [0, 0.1) is 0 Å². The van der Waals surface area contributed by atoms with E-state index in [0.29, 0.717) is 5.02 Å². The van der Waals surface area contributed by atoms with Crippen molar-refractivity contribution in [1.82, 2.24) is 9.29 Å². The Labute approximate surface area is 128 Å². The molecule has 1 aromatic carbocycles. The van der Waals surface area contributed by atoms with Gasteiger partial charge in [0.2, 0.25) is 10.0 Å². The molecule has 0 bridgehead atoms. The van der Waals surface area contributed by atoms with E-state index in [-0.39, 0.29) is 16.5 Å². The van der Waals surface area contributed by atoms with Crippen LogP contribution in [0.4, 0.5) is 0 Å². The van der Waals surface area contributed by atoms with Crippen molar-refractivity contribution in [1.29, 1.82) is 0 Å². The Bertz CT molecular complexity index is 706. The second-order valence-electron chi connectivity index (χ2n) is 4.20. The second-order valence-corrected chi connectivity index (χ2v) is 7.06. The van der Waals surface area contributed by atoms with Crippen molar-refractivity contribution < 1.29 is 8.42 Å². The molecule has 1 aromatic heterocycles. The lowest BCUT2D eigenvalue weighted by molar-refractivity contribution is 0.466. The zero-order valence-corrected chi connectivity index (χ0v) is 13.0. The molecule has 0 N–H and O–H groups in total. The largest absolute Gasteiger partial charge is 0.264 e. The number of nitrogens with zero attached hydrogens (tertiary/aromatic N) is 2. The molecule has 0 radical (unpaired) electrons. The molecule has 0 aliphatic rings. The fourth-order valence-electron chi connectivity index (χ4n) is 1.65. The number of hydrogen-bond acceptors (Lipinski definition) is 3. The van der Waals surface area contributed by atoms with Crippen LogP contribution in [-0.2, 0) is 16.6 Å². The van der Waals surface area contributed by atoms with Gasteiger partial charge < -0.3 is 0 Å². The molecule has 0 saturated heterocycles. The van der Waals surface area contributed by atoms with E-state index in [1.807, 2.05) is 6.07 Å². The molecule has 0 aliphatic carbocycles. The highest BCUT2D eigenvalue weighted by atomic mass is 35.5. The highest BCUT2D eigenvalue weighted by Crippen LogP contribution is 2.26. The maximum Gasteiger partial charge on any atom is 0.243 e. The Morgan fingerprint density at radius 1 is 1.20 bits per heavy atom. The summed E-state index contributed by atoms with van der Waals surface area (Å²) in [7, 11) is -2.11. The van der Waals surface area contributed by atoms with Gasteiger partial charge in [-0.05, 0) is 29.8 Å². The second kappa shape index (κ2) is 6.10. The maximum atomic E-state index is 12.4. The summed E-state index contributed by atoms with van der Waals surface area (Å²) in [6.45, 7) is 0.233. The molecule has 20 heavy (non-hydrogen) atoms. The van der Waals surface area contributed by atoms with Gasteiger partial charge in [-0.25, -0.2) is 8.42 Å². The first-order valence-electron chi connectivity index (χ1n) is 5.71. The van der Waals surface area contributed by atoms with Gasteiger partial charge >= 0.3 is 0 Å². The SMILES string of the molecule is CN(Cc1cccnc1)S(=O)(=O)c1ccc(Cl)c(Cl)c1. The number of benzene rings is 1. The highest BCUT2D eigenvalue weighted by molar-refractivity contribution is 7.89. The fraction of sp³-hybridized carbons (Fsp3) is 0.154. The quantitative estimate of drug-likeness (QED) is 0.864. The minimum Gasteiger partial charge on any atom is -0.264 e. The van der Waals surface area contributed by atoms with Crippen LogP contribution in [0.15, 0.2) is 47.6 Å². The molecule has 0 saturated carbocycles. The lowest BCUT2D eigenvalue weighted by Gasteiger charge is -2.17. The first-order chi connectivity index (χ1) is 9.41. The van der Waals surface area contributed by atoms with Gasteiger partial charge in [0.15, 0.2) is 0 Å². The zero-order chi connectivity index (χ0) is 14.8. The minimum atomic E-state index is -3.61. The predicted molar refractivity (Wildman–Crippen MR) is 79.4 cm³/mol. The highest BCUT2D eigenvalue weighted by Gasteiger charge is 2.21. The van der Waals surface area contributed by atoms with Gasteiger partial charge in [0, 0.05) is 26.0 Å². The van der Waals surface area contributed by atoms with Gasteiger partial charge in [-0.2, -0.15) is 4.31 Å². The van der Waals surface area contributed by atoms with E-state index in [4.69, 9.17) is 23.2 Å². The van der Waals surface area contributed by atoms with Crippen LogP contribution in [-0.4, -0.2) is 24.8 Å².